The van der Waals surface area contributed by atoms with Gasteiger partial charge in [-0.1, -0.05) is 42.5 Å². The van der Waals surface area contributed by atoms with E-state index in [9.17, 15) is 9.59 Å². The SMILES string of the molecule is CC(C)(C)OC(=O)n1c(-c2cccc(NC(=O)OCc3ccccc3)c2)cnc1N. The molecule has 156 valence electrons. The van der Waals surface area contributed by atoms with Crippen molar-refractivity contribution in [2.45, 2.75) is 33.0 Å². The van der Waals surface area contributed by atoms with Crippen molar-refractivity contribution in [1.82, 2.24) is 9.55 Å². The molecule has 3 aromatic rings. The third kappa shape index (κ3) is 5.38. The summed E-state index contributed by atoms with van der Waals surface area (Å²) in [5, 5.41) is 2.68. The van der Waals surface area contributed by atoms with E-state index in [-0.39, 0.29) is 12.6 Å². The number of nitrogens with zero attached hydrogens (tertiary/aromatic N) is 2. The molecule has 1 amide bonds. The lowest BCUT2D eigenvalue weighted by Gasteiger charge is -2.20. The van der Waals surface area contributed by atoms with Crippen LogP contribution in [0.3, 0.4) is 0 Å². The topological polar surface area (TPSA) is 108 Å². The Bertz CT molecular complexity index is 1040. The number of anilines is 2. The van der Waals surface area contributed by atoms with Crippen LogP contribution in [-0.2, 0) is 16.1 Å². The van der Waals surface area contributed by atoms with Gasteiger partial charge in [-0.2, -0.15) is 0 Å². The van der Waals surface area contributed by atoms with E-state index in [0.717, 1.165) is 5.56 Å². The molecule has 0 bridgehead atoms. The number of hydrogen-bond acceptors (Lipinski definition) is 6. The summed E-state index contributed by atoms with van der Waals surface area (Å²) in [4.78, 5) is 28.7. The molecule has 2 aromatic carbocycles. The molecular weight excluding hydrogens is 384 g/mol. The summed E-state index contributed by atoms with van der Waals surface area (Å²) in [6, 6.07) is 16.3. The molecule has 0 aliphatic carbocycles. The molecule has 0 spiro atoms. The fourth-order valence-corrected chi connectivity index (χ4v) is 2.70. The van der Waals surface area contributed by atoms with Crippen LogP contribution in [0.25, 0.3) is 11.3 Å². The number of amides is 1. The number of nitrogens with two attached hydrogens (primary N) is 1. The highest BCUT2D eigenvalue weighted by atomic mass is 16.6. The van der Waals surface area contributed by atoms with Crippen LogP contribution in [0, 0.1) is 0 Å². The Morgan fingerprint density at radius 1 is 1.10 bits per heavy atom. The summed E-state index contributed by atoms with van der Waals surface area (Å²) in [6.45, 7) is 5.46. The minimum absolute atomic E-state index is 0.0138. The highest BCUT2D eigenvalue weighted by Gasteiger charge is 2.23. The van der Waals surface area contributed by atoms with Gasteiger partial charge < -0.3 is 15.2 Å². The van der Waals surface area contributed by atoms with Gasteiger partial charge in [0.15, 0.2) is 0 Å². The Labute approximate surface area is 174 Å². The number of nitrogen functional groups attached to an aromatic ring is 1. The maximum atomic E-state index is 12.6. The molecule has 0 aliphatic rings. The number of imidazole rings is 1. The number of aromatic nitrogens is 2. The molecule has 1 aromatic heterocycles. The Morgan fingerprint density at radius 3 is 2.53 bits per heavy atom. The molecule has 0 unspecified atom stereocenters. The monoisotopic (exact) mass is 408 g/mol. The van der Waals surface area contributed by atoms with Crippen LogP contribution < -0.4 is 11.1 Å². The molecule has 0 fully saturated rings. The smallest absolute Gasteiger partial charge is 0.421 e. The van der Waals surface area contributed by atoms with E-state index in [1.165, 1.54) is 10.8 Å². The minimum Gasteiger partial charge on any atom is -0.444 e. The maximum absolute atomic E-state index is 12.6. The van der Waals surface area contributed by atoms with E-state index < -0.39 is 17.8 Å². The molecule has 8 heteroatoms. The quantitative estimate of drug-likeness (QED) is 0.650. The molecule has 0 saturated carbocycles. The fraction of sp³-hybridized carbons (Fsp3) is 0.227. The Kier molecular flexibility index (Phi) is 6.06. The zero-order chi connectivity index (χ0) is 21.7. The van der Waals surface area contributed by atoms with Crippen LogP contribution in [0.2, 0.25) is 0 Å². The molecule has 30 heavy (non-hydrogen) atoms. The Morgan fingerprint density at radius 2 is 1.83 bits per heavy atom. The predicted octanol–water partition coefficient (Wildman–Crippen LogP) is 4.66. The second-order valence-corrected chi connectivity index (χ2v) is 7.58. The largest absolute Gasteiger partial charge is 0.444 e. The van der Waals surface area contributed by atoms with E-state index in [4.69, 9.17) is 15.2 Å². The fourth-order valence-electron chi connectivity index (χ4n) is 2.70. The van der Waals surface area contributed by atoms with Gasteiger partial charge in [-0.25, -0.2) is 19.1 Å². The van der Waals surface area contributed by atoms with E-state index in [1.54, 1.807) is 45.0 Å². The van der Waals surface area contributed by atoms with Gasteiger partial charge in [0.05, 0.1) is 11.9 Å². The number of benzene rings is 2. The van der Waals surface area contributed by atoms with Gasteiger partial charge in [0.2, 0.25) is 5.95 Å². The third-order valence-electron chi connectivity index (χ3n) is 3.98. The van der Waals surface area contributed by atoms with E-state index in [0.29, 0.717) is 16.9 Å². The van der Waals surface area contributed by atoms with Crippen LogP contribution in [0.4, 0.5) is 21.2 Å². The normalized spacial score (nSPS) is 11.0. The van der Waals surface area contributed by atoms with E-state index in [2.05, 4.69) is 10.3 Å². The van der Waals surface area contributed by atoms with Gasteiger partial charge in [0.25, 0.3) is 0 Å². The average molecular weight is 408 g/mol. The molecule has 8 nitrogen and oxygen atoms in total. The van der Waals surface area contributed by atoms with Crippen molar-refractivity contribution in [1.29, 1.82) is 0 Å². The number of rotatable bonds is 4. The van der Waals surface area contributed by atoms with Gasteiger partial charge in [-0.05, 0) is 38.5 Å². The number of carbonyl (C=O) groups is 2. The summed E-state index contributed by atoms with van der Waals surface area (Å²) < 4.78 is 11.8. The lowest BCUT2D eigenvalue weighted by atomic mass is 10.1. The molecular formula is C22H24N4O4. The van der Waals surface area contributed by atoms with Gasteiger partial charge >= 0.3 is 12.2 Å². The van der Waals surface area contributed by atoms with Gasteiger partial charge in [-0.3, -0.25) is 5.32 Å². The lowest BCUT2D eigenvalue weighted by Crippen LogP contribution is -2.28. The second kappa shape index (κ2) is 8.69. The average Bonchev–Trinajstić information content (AvgIpc) is 3.08. The molecule has 0 radical (unpaired) electrons. The van der Waals surface area contributed by atoms with E-state index >= 15 is 0 Å². The van der Waals surface area contributed by atoms with Crippen LogP contribution in [-0.4, -0.2) is 27.3 Å². The van der Waals surface area contributed by atoms with E-state index in [1.807, 2.05) is 30.3 Å². The van der Waals surface area contributed by atoms with Crippen molar-refractivity contribution in [3.63, 3.8) is 0 Å². The molecule has 1 heterocycles. The van der Waals surface area contributed by atoms with Gasteiger partial charge in [0, 0.05) is 11.3 Å². The summed E-state index contributed by atoms with van der Waals surface area (Å²) in [5.74, 6) is 0.0138. The number of carbonyl (C=O) groups excluding carboxylic acids is 2. The highest BCUT2D eigenvalue weighted by molar-refractivity contribution is 5.87. The molecule has 3 N–H and O–H groups in total. The third-order valence-corrected chi connectivity index (χ3v) is 3.98. The zero-order valence-electron chi connectivity index (χ0n) is 17.1. The highest BCUT2D eigenvalue weighted by Crippen LogP contribution is 2.26. The van der Waals surface area contributed by atoms with Crippen LogP contribution in [0.5, 0.6) is 0 Å². The van der Waals surface area contributed by atoms with Crippen molar-refractivity contribution >= 4 is 23.8 Å². The molecule has 3 rings (SSSR count). The summed E-state index contributed by atoms with van der Waals surface area (Å²) in [7, 11) is 0. The van der Waals surface area contributed by atoms with Crippen molar-refractivity contribution in [3.05, 3.63) is 66.4 Å². The first-order valence-corrected chi connectivity index (χ1v) is 9.37. The molecule has 0 aliphatic heterocycles. The van der Waals surface area contributed by atoms with Crippen molar-refractivity contribution in [3.8, 4) is 11.3 Å². The summed E-state index contributed by atoms with van der Waals surface area (Å²) in [5.41, 5.74) is 7.66. The van der Waals surface area contributed by atoms with Crippen LogP contribution >= 0.6 is 0 Å². The number of nitrogens with one attached hydrogen (secondary N) is 1. The molecule has 0 saturated heterocycles. The van der Waals surface area contributed by atoms with Crippen molar-refractivity contribution in [2.75, 3.05) is 11.1 Å². The first kappa shape index (κ1) is 20.9. The predicted molar refractivity (Wildman–Crippen MR) is 114 cm³/mol. The first-order valence-electron chi connectivity index (χ1n) is 9.37. The minimum atomic E-state index is -0.684. The van der Waals surface area contributed by atoms with Gasteiger partial charge in [-0.15, -0.1) is 0 Å². The summed E-state index contributed by atoms with van der Waals surface area (Å²) in [6.07, 6.45) is 0.260. The summed E-state index contributed by atoms with van der Waals surface area (Å²) >= 11 is 0. The Balaban J connectivity index is 1.74. The zero-order valence-corrected chi connectivity index (χ0v) is 17.1. The standard InChI is InChI=1S/C22H24N4O4/c1-22(2,3)30-21(28)26-18(13-24-19(26)23)16-10-7-11-17(12-16)25-20(27)29-14-15-8-5-4-6-9-15/h4-13H,14H2,1-3H3,(H2,23,24)(H,25,27). The maximum Gasteiger partial charge on any atom is 0.421 e. The molecule has 0 atom stereocenters. The van der Waals surface area contributed by atoms with Crippen LogP contribution in [0.1, 0.15) is 26.3 Å². The van der Waals surface area contributed by atoms with Crippen molar-refractivity contribution < 1.29 is 19.1 Å². The van der Waals surface area contributed by atoms with Gasteiger partial charge in [0.1, 0.15) is 12.2 Å². The number of hydrogen-bond donors (Lipinski definition) is 2. The first-order chi connectivity index (χ1) is 14.2. The van der Waals surface area contributed by atoms with Crippen molar-refractivity contribution in [2.24, 2.45) is 0 Å². The lowest BCUT2D eigenvalue weighted by molar-refractivity contribution is 0.0543. The second-order valence-electron chi connectivity index (χ2n) is 7.58. The number of ether oxygens (including phenoxy) is 2. The van der Waals surface area contributed by atoms with Crippen LogP contribution in [0.15, 0.2) is 60.8 Å². The Hall–Kier alpha value is -3.81.